The van der Waals surface area contributed by atoms with Crippen LogP contribution in [0.1, 0.15) is 13.8 Å². The SMILES string of the molecule is C[C@H](CN1C(=O)[C@H](C)NC1=S)Oc1cccc(F)c1. The molecule has 102 valence electrons. The van der Waals surface area contributed by atoms with Gasteiger partial charge in [0, 0.05) is 6.07 Å². The minimum atomic E-state index is -0.354. The summed E-state index contributed by atoms with van der Waals surface area (Å²) in [6.45, 7) is 3.90. The Morgan fingerprint density at radius 3 is 2.89 bits per heavy atom. The summed E-state index contributed by atoms with van der Waals surface area (Å²) in [5.74, 6) is 0.0125. The van der Waals surface area contributed by atoms with E-state index in [1.807, 2.05) is 6.92 Å². The molecule has 1 fully saturated rings. The first-order valence-electron chi connectivity index (χ1n) is 6.01. The Bertz CT molecular complexity index is 509. The molecule has 1 aliphatic heterocycles. The van der Waals surface area contributed by atoms with Crippen LogP contribution in [0.4, 0.5) is 4.39 Å². The van der Waals surface area contributed by atoms with Gasteiger partial charge in [0.25, 0.3) is 5.91 Å². The van der Waals surface area contributed by atoms with Crippen molar-refractivity contribution in [3.63, 3.8) is 0 Å². The molecule has 0 bridgehead atoms. The summed E-state index contributed by atoms with van der Waals surface area (Å²) in [5, 5.41) is 3.30. The first kappa shape index (κ1) is 13.7. The molecule has 1 aliphatic rings. The summed E-state index contributed by atoms with van der Waals surface area (Å²) in [6, 6.07) is 5.61. The fourth-order valence-corrected chi connectivity index (χ4v) is 2.24. The lowest BCUT2D eigenvalue weighted by Gasteiger charge is -2.21. The monoisotopic (exact) mass is 282 g/mol. The third kappa shape index (κ3) is 3.20. The summed E-state index contributed by atoms with van der Waals surface area (Å²) >= 11 is 5.08. The third-order valence-electron chi connectivity index (χ3n) is 2.79. The van der Waals surface area contributed by atoms with E-state index in [2.05, 4.69) is 5.32 Å². The van der Waals surface area contributed by atoms with Gasteiger partial charge in [0.15, 0.2) is 5.11 Å². The van der Waals surface area contributed by atoms with E-state index in [1.165, 1.54) is 17.0 Å². The Morgan fingerprint density at radius 2 is 2.32 bits per heavy atom. The molecule has 4 nitrogen and oxygen atoms in total. The van der Waals surface area contributed by atoms with Crippen LogP contribution in [0.3, 0.4) is 0 Å². The van der Waals surface area contributed by atoms with Crippen molar-refractivity contribution in [2.75, 3.05) is 6.54 Å². The maximum Gasteiger partial charge on any atom is 0.251 e. The largest absolute Gasteiger partial charge is 0.489 e. The molecular formula is C13H15FN2O2S. The first-order valence-corrected chi connectivity index (χ1v) is 6.42. The Hall–Kier alpha value is -1.69. The molecule has 0 aliphatic carbocycles. The Morgan fingerprint density at radius 1 is 1.58 bits per heavy atom. The zero-order valence-electron chi connectivity index (χ0n) is 10.7. The molecule has 1 aromatic carbocycles. The first-order chi connectivity index (χ1) is 8.97. The van der Waals surface area contributed by atoms with Crippen molar-refractivity contribution in [2.45, 2.75) is 26.0 Å². The van der Waals surface area contributed by atoms with Crippen LogP contribution in [0.25, 0.3) is 0 Å². The predicted molar refractivity (Wildman–Crippen MR) is 73.4 cm³/mol. The van der Waals surface area contributed by atoms with E-state index in [1.54, 1.807) is 19.1 Å². The number of ether oxygens (including phenoxy) is 1. The molecule has 1 N–H and O–H groups in total. The zero-order valence-corrected chi connectivity index (χ0v) is 11.5. The highest BCUT2D eigenvalue weighted by Gasteiger charge is 2.33. The molecule has 6 heteroatoms. The van der Waals surface area contributed by atoms with E-state index in [-0.39, 0.29) is 23.9 Å². The van der Waals surface area contributed by atoms with E-state index >= 15 is 0 Å². The normalized spacial score (nSPS) is 20.4. The standard InChI is InChI=1S/C13H15FN2O2S/c1-8(18-11-5-3-4-10(14)6-11)7-16-12(17)9(2)15-13(16)19/h3-6,8-9H,7H2,1-2H3,(H,15,19)/t8-,9+/m1/s1. The van der Waals surface area contributed by atoms with Gasteiger partial charge in [0.2, 0.25) is 0 Å². The molecule has 1 heterocycles. The number of nitrogens with zero attached hydrogens (tertiary/aromatic N) is 1. The van der Waals surface area contributed by atoms with Crippen molar-refractivity contribution < 1.29 is 13.9 Å². The summed E-state index contributed by atoms with van der Waals surface area (Å²) < 4.78 is 18.6. The third-order valence-corrected chi connectivity index (χ3v) is 3.13. The number of halogens is 1. The van der Waals surface area contributed by atoms with Crippen LogP contribution in [-0.4, -0.2) is 34.6 Å². The van der Waals surface area contributed by atoms with Crippen LogP contribution < -0.4 is 10.1 Å². The highest BCUT2D eigenvalue weighted by molar-refractivity contribution is 7.80. The fourth-order valence-electron chi connectivity index (χ4n) is 1.90. The van der Waals surface area contributed by atoms with Crippen molar-refractivity contribution in [2.24, 2.45) is 0 Å². The van der Waals surface area contributed by atoms with Gasteiger partial charge in [0.05, 0.1) is 6.54 Å². The lowest BCUT2D eigenvalue weighted by Crippen LogP contribution is -2.38. The van der Waals surface area contributed by atoms with Crippen molar-refractivity contribution >= 4 is 23.2 Å². The van der Waals surface area contributed by atoms with Gasteiger partial charge in [-0.05, 0) is 38.2 Å². The van der Waals surface area contributed by atoms with Crippen LogP contribution in [0.2, 0.25) is 0 Å². The number of hydrogen-bond acceptors (Lipinski definition) is 3. The molecule has 1 aromatic rings. The molecule has 1 amide bonds. The van der Waals surface area contributed by atoms with Crippen molar-refractivity contribution in [3.05, 3.63) is 30.1 Å². The number of carbonyl (C=O) groups is 1. The van der Waals surface area contributed by atoms with Gasteiger partial charge in [-0.3, -0.25) is 9.69 Å². The number of rotatable bonds is 4. The molecule has 0 saturated carbocycles. The molecule has 1 saturated heterocycles. The Balaban J connectivity index is 1.96. The van der Waals surface area contributed by atoms with E-state index in [0.29, 0.717) is 17.4 Å². The van der Waals surface area contributed by atoms with Gasteiger partial charge < -0.3 is 10.1 Å². The number of carbonyl (C=O) groups excluding carboxylic acids is 1. The number of hydrogen-bond donors (Lipinski definition) is 1. The summed E-state index contributed by atoms with van der Waals surface area (Å²) in [5.41, 5.74) is 0. The Kier molecular flexibility index (Phi) is 3.99. The van der Waals surface area contributed by atoms with Gasteiger partial charge in [-0.15, -0.1) is 0 Å². The van der Waals surface area contributed by atoms with Crippen LogP contribution in [0, 0.1) is 5.82 Å². The van der Waals surface area contributed by atoms with Crippen molar-refractivity contribution in [1.29, 1.82) is 0 Å². The molecule has 19 heavy (non-hydrogen) atoms. The lowest BCUT2D eigenvalue weighted by atomic mass is 10.3. The topological polar surface area (TPSA) is 41.6 Å². The number of thiocarbonyl (C=S) groups is 1. The number of benzene rings is 1. The molecule has 0 radical (unpaired) electrons. The number of nitrogens with one attached hydrogen (secondary N) is 1. The second-order valence-electron chi connectivity index (χ2n) is 4.51. The molecular weight excluding hydrogens is 267 g/mol. The van der Waals surface area contributed by atoms with Crippen molar-refractivity contribution in [3.8, 4) is 5.75 Å². The molecule has 0 spiro atoms. The number of amides is 1. The lowest BCUT2D eigenvalue weighted by molar-refractivity contribution is -0.127. The van der Waals surface area contributed by atoms with Crippen molar-refractivity contribution in [1.82, 2.24) is 10.2 Å². The highest BCUT2D eigenvalue weighted by atomic mass is 32.1. The predicted octanol–water partition coefficient (Wildman–Crippen LogP) is 1.70. The van der Waals surface area contributed by atoms with Crippen LogP contribution in [-0.2, 0) is 4.79 Å². The van der Waals surface area contributed by atoms with E-state index in [4.69, 9.17) is 17.0 Å². The van der Waals surface area contributed by atoms with Gasteiger partial charge in [-0.25, -0.2) is 4.39 Å². The minimum absolute atomic E-state index is 0.0697. The van der Waals surface area contributed by atoms with Gasteiger partial charge in [-0.1, -0.05) is 6.07 Å². The van der Waals surface area contributed by atoms with Gasteiger partial charge >= 0.3 is 0 Å². The zero-order chi connectivity index (χ0) is 14.0. The minimum Gasteiger partial charge on any atom is -0.489 e. The average Bonchev–Trinajstić information content (AvgIpc) is 2.56. The Labute approximate surface area is 116 Å². The summed E-state index contributed by atoms with van der Waals surface area (Å²) in [6.07, 6.45) is -0.282. The molecule has 2 atom stereocenters. The second-order valence-corrected chi connectivity index (χ2v) is 4.89. The molecule has 2 rings (SSSR count). The summed E-state index contributed by atoms with van der Waals surface area (Å²) in [7, 11) is 0. The summed E-state index contributed by atoms with van der Waals surface area (Å²) in [4.78, 5) is 13.3. The van der Waals surface area contributed by atoms with E-state index in [0.717, 1.165) is 0 Å². The maximum atomic E-state index is 13.0. The average molecular weight is 282 g/mol. The highest BCUT2D eigenvalue weighted by Crippen LogP contribution is 2.15. The molecule has 0 unspecified atom stereocenters. The smallest absolute Gasteiger partial charge is 0.251 e. The molecule has 0 aromatic heterocycles. The second kappa shape index (κ2) is 5.52. The van der Waals surface area contributed by atoms with Gasteiger partial charge in [-0.2, -0.15) is 0 Å². The van der Waals surface area contributed by atoms with Gasteiger partial charge in [0.1, 0.15) is 23.7 Å². The fraction of sp³-hybridized carbons (Fsp3) is 0.385. The van der Waals surface area contributed by atoms with Crippen LogP contribution in [0.15, 0.2) is 24.3 Å². The van der Waals surface area contributed by atoms with Crippen LogP contribution >= 0.6 is 12.2 Å². The van der Waals surface area contributed by atoms with Crippen LogP contribution in [0.5, 0.6) is 5.75 Å². The quantitative estimate of drug-likeness (QED) is 0.854. The van der Waals surface area contributed by atoms with E-state index < -0.39 is 0 Å². The van der Waals surface area contributed by atoms with E-state index in [9.17, 15) is 9.18 Å². The maximum absolute atomic E-state index is 13.0.